The number of aryl methyl sites for hydroxylation is 2. The van der Waals surface area contributed by atoms with E-state index in [-0.39, 0.29) is 18.0 Å². The van der Waals surface area contributed by atoms with Gasteiger partial charge < -0.3 is 19.0 Å². The number of furan rings is 1. The van der Waals surface area contributed by atoms with Crippen molar-refractivity contribution in [3.63, 3.8) is 0 Å². The van der Waals surface area contributed by atoms with Crippen molar-refractivity contribution < 1.29 is 13.9 Å². The van der Waals surface area contributed by atoms with Gasteiger partial charge in [0.25, 0.3) is 11.5 Å². The molecule has 1 N–H and O–H groups in total. The maximum Gasteiger partial charge on any atom is 0.253 e. The maximum absolute atomic E-state index is 13.0. The predicted octanol–water partition coefficient (Wildman–Crippen LogP) is 3.45. The molecule has 3 aromatic rings. The van der Waals surface area contributed by atoms with Crippen LogP contribution in [0.4, 0.5) is 0 Å². The largest absolute Gasteiger partial charge is 0.467 e. The Morgan fingerprint density at radius 3 is 2.82 bits per heavy atom. The van der Waals surface area contributed by atoms with E-state index in [1.54, 1.807) is 17.2 Å². The minimum atomic E-state index is -0.445. The van der Waals surface area contributed by atoms with Gasteiger partial charge in [-0.05, 0) is 61.4 Å². The monoisotopic (exact) mass is 380 g/mol. The average molecular weight is 380 g/mol. The van der Waals surface area contributed by atoms with Gasteiger partial charge in [-0.1, -0.05) is 12.1 Å². The summed E-state index contributed by atoms with van der Waals surface area (Å²) < 4.78 is 11.0. The Morgan fingerprint density at radius 2 is 2.11 bits per heavy atom. The van der Waals surface area contributed by atoms with Gasteiger partial charge in [-0.2, -0.15) is 0 Å². The Kier molecular flexibility index (Phi) is 5.05. The first kappa shape index (κ1) is 18.5. The molecule has 6 heteroatoms. The van der Waals surface area contributed by atoms with Gasteiger partial charge in [0.05, 0.1) is 24.9 Å². The summed E-state index contributed by atoms with van der Waals surface area (Å²) in [4.78, 5) is 30.4. The highest BCUT2D eigenvalue weighted by molar-refractivity contribution is 5.84. The van der Waals surface area contributed by atoms with E-state index in [2.05, 4.69) is 4.98 Å². The van der Waals surface area contributed by atoms with Gasteiger partial charge in [-0.15, -0.1) is 0 Å². The van der Waals surface area contributed by atoms with Gasteiger partial charge in [-0.25, -0.2) is 0 Å². The van der Waals surface area contributed by atoms with Gasteiger partial charge in [-0.3, -0.25) is 9.59 Å². The SMILES string of the molecule is Cc1ccc2cc(CN(Cc3ccco3)C(=O)C3CCCO3)c(=O)[nH]c2c1C. The van der Waals surface area contributed by atoms with Crippen molar-refractivity contribution in [3.05, 3.63) is 69.4 Å². The Hall–Kier alpha value is -2.86. The van der Waals surface area contributed by atoms with Crippen molar-refractivity contribution in [2.24, 2.45) is 0 Å². The molecule has 6 nitrogen and oxygen atoms in total. The Morgan fingerprint density at radius 1 is 1.25 bits per heavy atom. The zero-order valence-electron chi connectivity index (χ0n) is 16.2. The van der Waals surface area contributed by atoms with Crippen LogP contribution in [0.5, 0.6) is 0 Å². The zero-order chi connectivity index (χ0) is 19.7. The van der Waals surface area contributed by atoms with Crippen LogP contribution in [-0.2, 0) is 22.6 Å². The van der Waals surface area contributed by atoms with E-state index in [0.717, 1.165) is 28.5 Å². The topological polar surface area (TPSA) is 75.5 Å². The van der Waals surface area contributed by atoms with E-state index in [0.29, 0.717) is 30.9 Å². The summed E-state index contributed by atoms with van der Waals surface area (Å²) in [6, 6.07) is 9.52. The minimum absolute atomic E-state index is 0.103. The summed E-state index contributed by atoms with van der Waals surface area (Å²) in [6.07, 6.45) is 2.72. The molecule has 4 rings (SSSR count). The van der Waals surface area contributed by atoms with E-state index < -0.39 is 6.10 Å². The molecule has 1 aliphatic heterocycles. The number of nitrogens with zero attached hydrogens (tertiary/aromatic N) is 1. The molecule has 0 saturated carbocycles. The molecule has 0 radical (unpaired) electrons. The zero-order valence-corrected chi connectivity index (χ0v) is 16.2. The lowest BCUT2D eigenvalue weighted by molar-refractivity contribution is -0.142. The van der Waals surface area contributed by atoms with Crippen LogP contribution in [0.3, 0.4) is 0 Å². The van der Waals surface area contributed by atoms with Gasteiger partial charge in [0, 0.05) is 12.2 Å². The minimum Gasteiger partial charge on any atom is -0.467 e. The van der Waals surface area contributed by atoms with Gasteiger partial charge in [0.1, 0.15) is 11.9 Å². The second kappa shape index (κ2) is 7.64. The van der Waals surface area contributed by atoms with E-state index in [1.807, 2.05) is 38.1 Å². The van der Waals surface area contributed by atoms with Crippen LogP contribution in [0, 0.1) is 13.8 Å². The van der Waals surface area contributed by atoms with E-state index in [4.69, 9.17) is 9.15 Å². The number of rotatable bonds is 5. The van der Waals surface area contributed by atoms with Gasteiger partial charge in [0.2, 0.25) is 0 Å². The fraction of sp³-hybridized carbons (Fsp3) is 0.364. The first-order valence-electron chi connectivity index (χ1n) is 9.58. The molecule has 1 fully saturated rings. The summed E-state index contributed by atoms with van der Waals surface area (Å²) in [6.45, 7) is 5.12. The number of hydrogen-bond acceptors (Lipinski definition) is 4. The van der Waals surface area contributed by atoms with Crippen molar-refractivity contribution in [2.45, 2.75) is 45.9 Å². The van der Waals surface area contributed by atoms with Crippen molar-refractivity contribution >= 4 is 16.8 Å². The van der Waals surface area contributed by atoms with Crippen molar-refractivity contribution in [1.82, 2.24) is 9.88 Å². The summed E-state index contributed by atoms with van der Waals surface area (Å²) in [5.41, 5.74) is 3.41. The lowest BCUT2D eigenvalue weighted by Crippen LogP contribution is -2.39. The van der Waals surface area contributed by atoms with Crippen molar-refractivity contribution in [2.75, 3.05) is 6.61 Å². The van der Waals surface area contributed by atoms with Crippen LogP contribution >= 0.6 is 0 Å². The first-order chi connectivity index (χ1) is 13.5. The van der Waals surface area contributed by atoms with E-state index >= 15 is 0 Å². The number of ether oxygens (including phenoxy) is 1. The average Bonchev–Trinajstić information content (AvgIpc) is 3.39. The molecule has 1 unspecified atom stereocenters. The fourth-order valence-corrected chi connectivity index (χ4v) is 3.67. The molecule has 1 saturated heterocycles. The molecule has 0 aliphatic carbocycles. The number of H-pyrrole nitrogens is 1. The summed E-state index contributed by atoms with van der Waals surface area (Å²) in [5, 5.41) is 0.959. The molecule has 1 amide bonds. The number of hydrogen-bond donors (Lipinski definition) is 1. The van der Waals surface area contributed by atoms with Crippen LogP contribution in [0.15, 0.2) is 45.8 Å². The number of carbonyl (C=O) groups excluding carboxylic acids is 1. The third kappa shape index (κ3) is 3.60. The van der Waals surface area contributed by atoms with Crippen molar-refractivity contribution in [1.29, 1.82) is 0 Å². The number of aromatic nitrogens is 1. The number of amides is 1. The molecule has 28 heavy (non-hydrogen) atoms. The second-order valence-electron chi connectivity index (χ2n) is 7.37. The van der Waals surface area contributed by atoms with E-state index in [9.17, 15) is 9.59 Å². The number of pyridine rings is 1. The van der Waals surface area contributed by atoms with Gasteiger partial charge in [0.15, 0.2) is 0 Å². The predicted molar refractivity (Wildman–Crippen MR) is 106 cm³/mol. The fourth-order valence-electron chi connectivity index (χ4n) is 3.67. The maximum atomic E-state index is 13.0. The van der Waals surface area contributed by atoms with Crippen LogP contribution in [0.2, 0.25) is 0 Å². The third-order valence-corrected chi connectivity index (χ3v) is 5.43. The molecule has 3 heterocycles. The Labute approximate surface area is 163 Å². The normalized spacial score (nSPS) is 16.6. The molecular weight excluding hydrogens is 356 g/mol. The summed E-state index contributed by atoms with van der Waals surface area (Å²) in [5.74, 6) is 0.573. The number of carbonyl (C=O) groups is 1. The standard InChI is InChI=1S/C22H24N2O4/c1-14-7-8-16-11-17(21(25)23-20(16)15(14)2)12-24(13-18-5-3-9-27-18)22(26)19-6-4-10-28-19/h3,5,7-9,11,19H,4,6,10,12-13H2,1-2H3,(H,23,25). The third-order valence-electron chi connectivity index (χ3n) is 5.43. The smallest absolute Gasteiger partial charge is 0.253 e. The molecule has 2 aromatic heterocycles. The van der Waals surface area contributed by atoms with Crippen molar-refractivity contribution in [3.8, 4) is 0 Å². The molecule has 1 atom stereocenters. The number of benzene rings is 1. The van der Waals surface area contributed by atoms with Crippen LogP contribution in [-0.4, -0.2) is 28.5 Å². The van der Waals surface area contributed by atoms with Crippen LogP contribution in [0.1, 0.15) is 35.3 Å². The molecule has 1 aromatic carbocycles. The van der Waals surface area contributed by atoms with E-state index in [1.165, 1.54) is 0 Å². The molecule has 0 spiro atoms. The summed E-state index contributed by atoms with van der Waals surface area (Å²) in [7, 11) is 0. The van der Waals surface area contributed by atoms with Crippen LogP contribution in [0.25, 0.3) is 10.9 Å². The molecule has 1 aliphatic rings. The molecule has 0 bridgehead atoms. The van der Waals surface area contributed by atoms with Crippen LogP contribution < -0.4 is 5.56 Å². The highest BCUT2D eigenvalue weighted by Gasteiger charge is 2.29. The highest BCUT2D eigenvalue weighted by Crippen LogP contribution is 2.21. The second-order valence-corrected chi connectivity index (χ2v) is 7.37. The molecular formula is C22H24N2O4. The number of fused-ring (bicyclic) bond motifs is 1. The number of nitrogens with one attached hydrogen (secondary N) is 1. The Bertz CT molecular complexity index is 1050. The first-order valence-corrected chi connectivity index (χ1v) is 9.58. The lowest BCUT2D eigenvalue weighted by atomic mass is 10.0. The molecule has 146 valence electrons. The summed E-state index contributed by atoms with van der Waals surface area (Å²) >= 11 is 0. The number of aromatic amines is 1. The van der Waals surface area contributed by atoms with Gasteiger partial charge >= 0.3 is 0 Å². The quantitative estimate of drug-likeness (QED) is 0.736. The Balaban J connectivity index is 1.67. The lowest BCUT2D eigenvalue weighted by Gasteiger charge is -2.24. The highest BCUT2D eigenvalue weighted by atomic mass is 16.5.